The van der Waals surface area contributed by atoms with Crippen molar-refractivity contribution in [3.8, 4) is 5.75 Å². The molecular weight excluding hydrogens is 420 g/mol. The molecule has 5 unspecified atom stereocenters. The third kappa shape index (κ3) is 3.23. The third-order valence-electron chi connectivity index (χ3n) is 7.00. The second kappa shape index (κ2) is 7.82. The standard InChI is InChI=1S/C27H23O4S/c28-26-23-16-17-15-22(23)25(31-26)24(17)27(29)30-18-11-13-21(14-12-18)32(19-7-3-1-4-8-19)20-9-5-2-6-10-20/h1-14,17,22-25H,15-16H2/q+1. The minimum atomic E-state index is -0.328. The lowest BCUT2D eigenvalue weighted by Gasteiger charge is -2.23. The van der Waals surface area contributed by atoms with E-state index in [-0.39, 0.29) is 52.6 Å². The van der Waals surface area contributed by atoms with Crippen LogP contribution in [0.4, 0.5) is 0 Å². The first-order valence-corrected chi connectivity index (χ1v) is 12.3. The Kier molecular flexibility index (Phi) is 4.80. The monoisotopic (exact) mass is 443 g/mol. The Morgan fingerprint density at radius 2 is 1.41 bits per heavy atom. The molecule has 1 heterocycles. The maximum Gasteiger partial charge on any atom is 0.318 e. The lowest BCUT2D eigenvalue weighted by atomic mass is 9.82. The highest BCUT2D eigenvalue weighted by molar-refractivity contribution is 7.97. The molecule has 3 fully saturated rings. The smallest absolute Gasteiger partial charge is 0.318 e. The molecule has 2 aliphatic carbocycles. The molecular formula is C27H23O4S+. The zero-order valence-electron chi connectivity index (χ0n) is 17.4. The number of fused-ring (bicyclic) bond motifs is 1. The molecule has 5 atom stereocenters. The van der Waals surface area contributed by atoms with E-state index in [9.17, 15) is 9.59 Å². The van der Waals surface area contributed by atoms with Crippen molar-refractivity contribution in [1.82, 2.24) is 0 Å². The van der Waals surface area contributed by atoms with Crippen LogP contribution in [0.3, 0.4) is 0 Å². The highest BCUT2D eigenvalue weighted by Crippen LogP contribution is 2.57. The lowest BCUT2D eigenvalue weighted by Crippen LogP contribution is -2.35. The van der Waals surface area contributed by atoms with Gasteiger partial charge in [0.1, 0.15) is 11.9 Å². The van der Waals surface area contributed by atoms with Crippen molar-refractivity contribution >= 4 is 22.8 Å². The van der Waals surface area contributed by atoms with Gasteiger partial charge in [0.2, 0.25) is 0 Å². The molecule has 2 saturated carbocycles. The fourth-order valence-corrected chi connectivity index (χ4v) is 7.71. The fraction of sp³-hybridized carbons (Fsp3) is 0.259. The van der Waals surface area contributed by atoms with Crippen molar-refractivity contribution in [3.05, 3.63) is 84.9 Å². The number of hydrogen-bond acceptors (Lipinski definition) is 4. The molecule has 5 heteroatoms. The molecule has 1 saturated heterocycles. The zero-order chi connectivity index (χ0) is 21.7. The predicted molar refractivity (Wildman–Crippen MR) is 120 cm³/mol. The maximum atomic E-state index is 12.9. The molecule has 0 aromatic heterocycles. The van der Waals surface area contributed by atoms with Crippen LogP contribution in [0.1, 0.15) is 12.8 Å². The van der Waals surface area contributed by atoms with E-state index in [1.165, 1.54) is 9.79 Å². The molecule has 0 spiro atoms. The summed E-state index contributed by atoms with van der Waals surface area (Å²) in [5.41, 5.74) is 0. The number of esters is 2. The average molecular weight is 444 g/mol. The predicted octanol–water partition coefficient (Wildman–Crippen LogP) is 4.89. The van der Waals surface area contributed by atoms with Crippen LogP contribution in [0.25, 0.3) is 0 Å². The van der Waals surface area contributed by atoms with E-state index in [1.54, 1.807) is 0 Å². The number of hydrogen-bond donors (Lipinski definition) is 0. The molecule has 6 rings (SSSR count). The van der Waals surface area contributed by atoms with Crippen LogP contribution in [0.15, 0.2) is 99.6 Å². The molecule has 3 aliphatic rings. The quantitative estimate of drug-likeness (QED) is 0.320. The topological polar surface area (TPSA) is 52.6 Å². The Balaban J connectivity index is 1.23. The molecule has 1 aliphatic heterocycles. The second-order valence-electron chi connectivity index (χ2n) is 8.75. The molecule has 2 bridgehead atoms. The van der Waals surface area contributed by atoms with Crippen molar-refractivity contribution in [2.45, 2.75) is 33.6 Å². The van der Waals surface area contributed by atoms with Gasteiger partial charge in [-0.15, -0.1) is 0 Å². The SMILES string of the molecule is O=C1OC2C3CC(CC13)C2C(=O)Oc1ccc([S+](c2ccccc2)c2ccccc2)cc1. The summed E-state index contributed by atoms with van der Waals surface area (Å²) in [6.07, 6.45) is 1.37. The summed E-state index contributed by atoms with van der Waals surface area (Å²) in [5, 5.41) is 0. The first-order chi connectivity index (χ1) is 15.7. The van der Waals surface area contributed by atoms with Gasteiger partial charge in [-0.3, -0.25) is 9.59 Å². The Morgan fingerprint density at radius 3 is 2.03 bits per heavy atom. The van der Waals surface area contributed by atoms with E-state index < -0.39 is 0 Å². The molecule has 3 aromatic carbocycles. The summed E-state index contributed by atoms with van der Waals surface area (Å²) in [6.45, 7) is 0. The van der Waals surface area contributed by atoms with Crippen LogP contribution in [0.2, 0.25) is 0 Å². The Labute approximate surface area is 189 Å². The van der Waals surface area contributed by atoms with Gasteiger partial charge in [-0.1, -0.05) is 36.4 Å². The largest absolute Gasteiger partial charge is 0.461 e. The highest BCUT2D eigenvalue weighted by Gasteiger charge is 2.64. The van der Waals surface area contributed by atoms with Crippen molar-refractivity contribution in [1.29, 1.82) is 0 Å². The van der Waals surface area contributed by atoms with Crippen LogP contribution in [0.5, 0.6) is 5.75 Å². The maximum absolute atomic E-state index is 12.9. The Hall–Kier alpha value is -3.05. The minimum absolute atomic E-state index is 0.00207. The van der Waals surface area contributed by atoms with Crippen LogP contribution in [-0.2, 0) is 25.2 Å². The number of ether oxygens (including phenoxy) is 2. The van der Waals surface area contributed by atoms with Gasteiger partial charge >= 0.3 is 11.9 Å². The van der Waals surface area contributed by atoms with Gasteiger partial charge < -0.3 is 9.47 Å². The normalized spacial score (nSPS) is 27.5. The minimum Gasteiger partial charge on any atom is -0.461 e. The third-order valence-corrected chi connectivity index (χ3v) is 9.23. The number of carbonyl (C=O) groups excluding carboxylic acids is 2. The van der Waals surface area contributed by atoms with Crippen molar-refractivity contribution in [3.63, 3.8) is 0 Å². The zero-order valence-corrected chi connectivity index (χ0v) is 18.2. The summed E-state index contributed by atoms with van der Waals surface area (Å²) < 4.78 is 11.3. The van der Waals surface area contributed by atoms with Crippen LogP contribution in [-0.4, -0.2) is 18.0 Å². The van der Waals surface area contributed by atoms with Crippen molar-refractivity contribution < 1.29 is 19.1 Å². The highest BCUT2D eigenvalue weighted by atomic mass is 32.2. The van der Waals surface area contributed by atoms with Crippen molar-refractivity contribution in [2.75, 3.05) is 0 Å². The molecule has 0 amide bonds. The number of benzene rings is 3. The summed E-state index contributed by atoms with van der Waals surface area (Å²) in [5.74, 6) is 0.214. The van der Waals surface area contributed by atoms with Crippen LogP contribution < -0.4 is 4.74 Å². The average Bonchev–Trinajstić information content (AvgIpc) is 3.46. The first-order valence-electron chi connectivity index (χ1n) is 11.1. The van der Waals surface area contributed by atoms with E-state index in [2.05, 4.69) is 48.5 Å². The van der Waals surface area contributed by atoms with Crippen LogP contribution in [0, 0.1) is 23.7 Å². The Morgan fingerprint density at radius 1 is 0.812 bits per heavy atom. The van der Waals surface area contributed by atoms with Gasteiger partial charge in [-0.25, -0.2) is 0 Å². The Bertz CT molecular complexity index is 1110. The van der Waals surface area contributed by atoms with Gasteiger partial charge in [0.15, 0.2) is 14.7 Å². The molecule has 32 heavy (non-hydrogen) atoms. The summed E-state index contributed by atoms with van der Waals surface area (Å²) in [7, 11) is -0.243. The van der Waals surface area contributed by atoms with Gasteiger partial charge in [0.05, 0.1) is 22.7 Å². The van der Waals surface area contributed by atoms with E-state index in [0.717, 1.165) is 17.7 Å². The van der Waals surface area contributed by atoms with E-state index in [4.69, 9.17) is 9.47 Å². The molecule has 0 radical (unpaired) electrons. The summed E-state index contributed by atoms with van der Waals surface area (Å²) in [4.78, 5) is 28.6. The summed E-state index contributed by atoms with van der Waals surface area (Å²) >= 11 is 0. The van der Waals surface area contributed by atoms with Crippen LogP contribution >= 0.6 is 0 Å². The first kappa shape index (κ1) is 19.6. The van der Waals surface area contributed by atoms with Gasteiger partial charge in [0, 0.05) is 5.92 Å². The van der Waals surface area contributed by atoms with E-state index >= 15 is 0 Å². The van der Waals surface area contributed by atoms with Gasteiger partial charge in [-0.2, -0.15) is 0 Å². The van der Waals surface area contributed by atoms with E-state index in [0.29, 0.717) is 5.75 Å². The molecule has 3 aromatic rings. The van der Waals surface area contributed by atoms with Gasteiger partial charge in [0.25, 0.3) is 0 Å². The molecule has 160 valence electrons. The molecule has 4 nitrogen and oxygen atoms in total. The number of rotatable bonds is 5. The van der Waals surface area contributed by atoms with Crippen molar-refractivity contribution in [2.24, 2.45) is 23.7 Å². The summed E-state index contributed by atoms with van der Waals surface area (Å²) in [6, 6.07) is 28.7. The number of carbonyl (C=O) groups is 2. The fourth-order valence-electron chi connectivity index (χ4n) is 5.63. The lowest BCUT2D eigenvalue weighted by molar-refractivity contribution is -0.149. The second-order valence-corrected chi connectivity index (χ2v) is 10.8. The van der Waals surface area contributed by atoms with Gasteiger partial charge in [-0.05, 0) is 67.3 Å². The van der Waals surface area contributed by atoms with E-state index in [1.807, 2.05) is 36.4 Å². The molecule has 0 N–H and O–H groups in total.